The second-order valence-electron chi connectivity index (χ2n) is 12.2. The third-order valence-electron chi connectivity index (χ3n) is 8.17. The summed E-state index contributed by atoms with van der Waals surface area (Å²) in [7, 11) is 0. The van der Waals surface area contributed by atoms with Crippen molar-refractivity contribution in [1.29, 1.82) is 0 Å². The number of benzene rings is 3. The van der Waals surface area contributed by atoms with E-state index in [-0.39, 0.29) is 12.6 Å². The van der Waals surface area contributed by atoms with Crippen LogP contribution in [0.4, 0.5) is 14.9 Å². The van der Waals surface area contributed by atoms with Gasteiger partial charge in [-0.3, -0.25) is 9.69 Å². The number of carbonyl (C=O) groups excluding carboxylic acids is 3. The van der Waals surface area contributed by atoms with E-state index in [9.17, 15) is 18.8 Å². The number of hydrogen-bond acceptors (Lipinski definition) is 5. The molecule has 0 aromatic heterocycles. The van der Waals surface area contributed by atoms with Crippen molar-refractivity contribution in [2.24, 2.45) is 0 Å². The summed E-state index contributed by atoms with van der Waals surface area (Å²) < 4.78 is 26.7. The van der Waals surface area contributed by atoms with E-state index in [2.05, 4.69) is 6.07 Å². The Morgan fingerprint density at radius 3 is 2.26 bits per heavy atom. The molecule has 1 saturated heterocycles. The zero-order valence-corrected chi connectivity index (χ0v) is 25.1. The van der Waals surface area contributed by atoms with E-state index in [4.69, 9.17) is 9.47 Å². The Balaban J connectivity index is 1.53. The number of carbonyl (C=O) groups is 3. The fraction of sp³-hybridized carbons (Fsp3) is 0.382. The molecule has 1 fully saturated rings. The molecule has 8 heteroatoms. The number of halogens is 1. The molecule has 3 aromatic rings. The Hall–Kier alpha value is -3.94. The summed E-state index contributed by atoms with van der Waals surface area (Å²) in [6.45, 7) is 9.32. The summed E-state index contributed by atoms with van der Waals surface area (Å²) in [5.74, 6) is 1.17. The van der Waals surface area contributed by atoms with Gasteiger partial charge in [-0.1, -0.05) is 50.6 Å². The zero-order valence-electron chi connectivity index (χ0n) is 25.1. The van der Waals surface area contributed by atoms with Crippen molar-refractivity contribution in [1.82, 2.24) is 0 Å². The van der Waals surface area contributed by atoms with Gasteiger partial charge in [0.2, 0.25) is 0 Å². The van der Waals surface area contributed by atoms with E-state index < -0.39 is 22.8 Å². The number of hydrogen-bond donors (Lipinski definition) is 0. The Kier molecular flexibility index (Phi) is 9.55. The van der Waals surface area contributed by atoms with Crippen molar-refractivity contribution in [3.63, 3.8) is 0 Å². The molecular formula is C34H39BFNO5. The van der Waals surface area contributed by atoms with Crippen LogP contribution in [0.3, 0.4) is 0 Å². The molecule has 0 bridgehead atoms. The van der Waals surface area contributed by atoms with Crippen molar-refractivity contribution in [3.05, 3.63) is 89.2 Å². The predicted molar refractivity (Wildman–Crippen MR) is 165 cm³/mol. The fourth-order valence-electron chi connectivity index (χ4n) is 5.83. The summed E-state index contributed by atoms with van der Waals surface area (Å²) >= 11 is 0. The Morgan fingerprint density at radius 2 is 1.67 bits per heavy atom. The van der Waals surface area contributed by atoms with Crippen LogP contribution in [-0.4, -0.2) is 37.5 Å². The van der Waals surface area contributed by atoms with Gasteiger partial charge < -0.3 is 14.3 Å². The van der Waals surface area contributed by atoms with Gasteiger partial charge in [0.15, 0.2) is 6.71 Å². The Bertz CT molecular complexity index is 1410. The third kappa shape index (κ3) is 7.09. The lowest BCUT2D eigenvalue weighted by Gasteiger charge is -2.37. The first-order chi connectivity index (χ1) is 20.0. The molecule has 4 rings (SSSR count). The molecule has 3 aromatic carbocycles. The van der Waals surface area contributed by atoms with Crippen LogP contribution in [0.5, 0.6) is 11.5 Å². The molecule has 220 valence electrons. The highest BCUT2D eigenvalue weighted by Gasteiger charge is 2.42. The minimum Gasteiger partial charge on any atom is -0.457 e. The van der Waals surface area contributed by atoms with Crippen molar-refractivity contribution in [3.8, 4) is 11.5 Å². The standard InChI is InChI=1S/C34H39BFNO5/c1-6-37(32(40)42-33(2,3)4)28-20-26(19-27(36)21-28)34(5,23-39)35-17-15-25(16-18-35)30-9-7-8-10-31(30)41-29-13-11-24(22-38)12-14-29/h7-14,19-23,25H,6,15-18H2,1-5H3. The highest BCUT2D eigenvalue weighted by atomic mass is 19.1. The minimum atomic E-state index is -0.925. The number of rotatable bonds is 9. The van der Waals surface area contributed by atoms with E-state index >= 15 is 0 Å². The molecule has 1 aliphatic rings. The van der Waals surface area contributed by atoms with Gasteiger partial charge in [-0.25, -0.2) is 9.18 Å². The number of amides is 1. The molecule has 0 radical (unpaired) electrons. The van der Waals surface area contributed by atoms with Crippen molar-refractivity contribution < 1.29 is 28.2 Å². The van der Waals surface area contributed by atoms with Gasteiger partial charge in [0.25, 0.3) is 0 Å². The van der Waals surface area contributed by atoms with Gasteiger partial charge >= 0.3 is 6.09 Å². The van der Waals surface area contributed by atoms with Gasteiger partial charge in [0.05, 0.1) is 5.69 Å². The molecule has 1 atom stereocenters. The molecule has 1 unspecified atom stereocenters. The summed E-state index contributed by atoms with van der Waals surface area (Å²) in [5.41, 5.74) is 1.93. The second-order valence-corrected chi connectivity index (χ2v) is 12.2. The molecule has 42 heavy (non-hydrogen) atoms. The molecule has 1 heterocycles. The quantitative estimate of drug-likeness (QED) is 0.191. The second kappa shape index (κ2) is 12.9. The van der Waals surface area contributed by atoms with Crippen molar-refractivity contribution >= 4 is 31.1 Å². The number of ether oxygens (including phenoxy) is 2. The molecule has 1 amide bonds. The number of para-hydroxylation sites is 1. The number of nitrogens with zero attached hydrogens (tertiary/aromatic N) is 1. The van der Waals surface area contributed by atoms with Gasteiger partial charge in [-0.15, -0.1) is 0 Å². The molecular weight excluding hydrogens is 532 g/mol. The molecule has 0 aliphatic carbocycles. The lowest BCUT2D eigenvalue weighted by atomic mass is 9.27. The SMILES string of the molecule is CCN(C(=O)OC(C)(C)C)c1cc(F)cc(C(C)(C=O)B2CCC(c3ccccc3Oc3ccc(C=O)cc3)CC2)c1. The lowest BCUT2D eigenvalue weighted by Crippen LogP contribution is -2.44. The van der Waals surface area contributed by atoms with E-state index in [1.165, 1.54) is 17.0 Å². The minimum absolute atomic E-state index is 0.00136. The van der Waals surface area contributed by atoms with E-state index in [1.54, 1.807) is 58.0 Å². The maximum absolute atomic E-state index is 15.0. The average molecular weight is 571 g/mol. The van der Waals surface area contributed by atoms with Gasteiger partial charge in [-0.05, 0) is 93.3 Å². The van der Waals surface area contributed by atoms with Crippen molar-refractivity contribution in [2.45, 2.75) is 76.9 Å². The summed E-state index contributed by atoms with van der Waals surface area (Å²) in [6.07, 6.45) is 4.42. The maximum atomic E-state index is 15.0. The number of anilines is 1. The average Bonchev–Trinajstić information content (AvgIpc) is 2.97. The van der Waals surface area contributed by atoms with Gasteiger partial charge in [0, 0.05) is 17.4 Å². The Morgan fingerprint density at radius 1 is 1.00 bits per heavy atom. The molecule has 0 saturated carbocycles. The molecule has 0 spiro atoms. The first-order valence-corrected chi connectivity index (χ1v) is 14.6. The summed E-state index contributed by atoms with van der Waals surface area (Å²) in [4.78, 5) is 37.9. The van der Waals surface area contributed by atoms with Crippen LogP contribution >= 0.6 is 0 Å². The number of aldehydes is 2. The predicted octanol–water partition coefficient (Wildman–Crippen LogP) is 8.26. The first kappa shape index (κ1) is 31.0. The normalized spacial score (nSPS) is 15.4. The lowest BCUT2D eigenvalue weighted by molar-refractivity contribution is -0.110. The third-order valence-corrected chi connectivity index (χ3v) is 8.17. The molecule has 6 nitrogen and oxygen atoms in total. The van der Waals surface area contributed by atoms with Gasteiger partial charge in [-0.2, -0.15) is 0 Å². The summed E-state index contributed by atoms with van der Waals surface area (Å²) in [6, 6.07) is 19.4. The first-order valence-electron chi connectivity index (χ1n) is 14.6. The van der Waals surface area contributed by atoms with Crippen LogP contribution in [0.1, 0.15) is 74.9 Å². The fourth-order valence-corrected chi connectivity index (χ4v) is 5.83. The van der Waals surface area contributed by atoms with E-state index in [0.717, 1.165) is 49.4 Å². The maximum Gasteiger partial charge on any atom is 0.414 e. The van der Waals surface area contributed by atoms with Crippen LogP contribution in [0.25, 0.3) is 0 Å². The van der Waals surface area contributed by atoms with Crippen molar-refractivity contribution in [2.75, 3.05) is 11.4 Å². The van der Waals surface area contributed by atoms with E-state index in [0.29, 0.717) is 29.1 Å². The van der Waals surface area contributed by atoms with Crippen LogP contribution in [0.15, 0.2) is 66.7 Å². The summed E-state index contributed by atoms with van der Waals surface area (Å²) in [5, 5.41) is -0.925. The Labute approximate surface area is 248 Å². The smallest absolute Gasteiger partial charge is 0.414 e. The topological polar surface area (TPSA) is 72.9 Å². The van der Waals surface area contributed by atoms with Crippen LogP contribution in [0.2, 0.25) is 12.6 Å². The van der Waals surface area contributed by atoms with Crippen LogP contribution < -0.4 is 9.64 Å². The monoisotopic (exact) mass is 571 g/mol. The highest BCUT2D eigenvalue weighted by molar-refractivity contribution is 6.65. The van der Waals surface area contributed by atoms with Crippen LogP contribution in [0, 0.1) is 5.82 Å². The largest absolute Gasteiger partial charge is 0.457 e. The zero-order chi connectivity index (χ0) is 30.5. The molecule has 1 aliphatic heterocycles. The van der Waals surface area contributed by atoms with E-state index in [1.807, 2.05) is 25.1 Å². The van der Waals surface area contributed by atoms with Gasteiger partial charge in [0.1, 0.15) is 35.5 Å². The van der Waals surface area contributed by atoms with Crippen LogP contribution in [-0.2, 0) is 14.8 Å². The highest BCUT2D eigenvalue weighted by Crippen LogP contribution is 2.44. The molecule has 0 N–H and O–H groups in total.